The number of carboxylic acids is 1. The monoisotopic (exact) mass is 276 g/mol. The summed E-state index contributed by atoms with van der Waals surface area (Å²) in [5.41, 5.74) is 1.95. The first kappa shape index (κ1) is 14.3. The van der Waals surface area contributed by atoms with Gasteiger partial charge in [-0.25, -0.2) is 9.50 Å². The van der Waals surface area contributed by atoms with E-state index in [-0.39, 0.29) is 6.42 Å². The van der Waals surface area contributed by atoms with Gasteiger partial charge in [0, 0.05) is 25.4 Å². The summed E-state index contributed by atoms with van der Waals surface area (Å²) in [7, 11) is 0. The number of aryl methyl sites for hydroxylation is 1. The Morgan fingerprint density at radius 1 is 1.35 bits per heavy atom. The Kier molecular flexibility index (Phi) is 4.92. The lowest BCUT2D eigenvalue weighted by molar-refractivity contribution is -0.137. The third kappa shape index (κ3) is 3.94. The molecule has 2 aromatic rings. The van der Waals surface area contributed by atoms with E-state index < -0.39 is 5.97 Å². The summed E-state index contributed by atoms with van der Waals surface area (Å²) in [5.74, 6) is 0.133. The molecule has 0 unspecified atom stereocenters. The number of carboxylic acid groups (broad SMARTS) is 1. The fraction of sp³-hybridized carbons (Fsp3) is 0.500. The van der Waals surface area contributed by atoms with Crippen molar-refractivity contribution in [3.63, 3.8) is 0 Å². The van der Waals surface area contributed by atoms with Crippen LogP contribution in [0.3, 0.4) is 0 Å². The van der Waals surface area contributed by atoms with Crippen molar-refractivity contribution in [2.75, 3.05) is 11.9 Å². The topological polar surface area (TPSA) is 79.5 Å². The van der Waals surface area contributed by atoms with E-state index >= 15 is 0 Å². The Morgan fingerprint density at radius 3 is 2.95 bits per heavy atom. The average Bonchev–Trinajstić information content (AvgIpc) is 2.78. The molecule has 108 valence electrons. The molecule has 0 aliphatic rings. The van der Waals surface area contributed by atoms with E-state index in [1.165, 1.54) is 0 Å². The van der Waals surface area contributed by atoms with E-state index in [0.717, 1.165) is 49.3 Å². The van der Waals surface area contributed by atoms with Gasteiger partial charge in [-0.15, -0.1) is 0 Å². The highest BCUT2D eigenvalue weighted by atomic mass is 16.4. The van der Waals surface area contributed by atoms with Gasteiger partial charge < -0.3 is 10.4 Å². The molecular weight excluding hydrogens is 256 g/mol. The number of anilines is 1. The van der Waals surface area contributed by atoms with Crippen LogP contribution >= 0.6 is 0 Å². The maximum Gasteiger partial charge on any atom is 0.303 e. The molecule has 2 aromatic heterocycles. The standard InChI is InChI=1S/C14H20N4O2/c1-11-10-12-14(16-8-9-18(12)17-11)15-7-5-3-2-4-6-13(19)20/h8-10H,2-7H2,1H3,(H,15,16)(H,19,20). The number of rotatable bonds is 8. The quantitative estimate of drug-likeness (QED) is 0.724. The van der Waals surface area contributed by atoms with Crippen LogP contribution in [0, 0.1) is 6.92 Å². The predicted molar refractivity (Wildman–Crippen MR) is 76.9 cm³/mol. The van der Waals surface area contributed by atoms with E-state index in [1.54, 1.807) is 6.20 Å². The number of fused-ring (bicyclic) bond motifs is 1. The molecule has 0 atom stereocenters. The number of aliphatic carboxylic acids is 1. The largest absolute Gasteiger partial charge is 0.481 e. The molecule has 0 aliphatic carbocycles. The molecular formula is C14H20N4O2. The van der Waals surface area contributed by atoms with E-state index in [2.05, 4.69) is 15.4 Å². The summed E-state index contributed by atoms with van der Waals surface area (Å²) in [4.78, 5) is 14.7. The van der Waals surface area contributed by atoms with Gasteiger partial charge in [-0.2, -0.15) is 5.10 Å². The normalized spacial score (nSPS) is 10.8. The van der Waals surface area contributed by atoms with Crippen molar-refractivity contribution in [3.8, 4) is 0 Å². The molecule has 20 heavy (non-hydrogen) atoms. The molecule has 2 N–H and O–H groups in total. The Labute approximate surface area is 117 Å². The zero-order valence-electron chi connectivity index (χ0n) is 11.7. The molecule has 0 aliphatic heterocycles. The average molecular weight is 276 g/mol. The first-order valence-corrected chi connectivity index (χ1v) is 6.93. The minimum absolute atomic E-state index is 0.267. The molecule has 0 saturated heterocycles. The lowest BCUT2D eigenvalue weighted by Gasteiger charge is -2.06. The van der Waals surface area contributed by atoms with Crippen molar-refractivity contribution in [2.45, 2.75) is 39.0 Å². The van der Waals surface area contributed by atoms with Gasteiger partial charge in [0.1, 0.15) is 5.52 Å². The van der Waals surface area contributed by atoms with Gasteiger partial charge in [0.2, 0.25) is 0 Å². The minimum atomic E-state index is -0.713. The molecule has 0 aromatic carbocycles. The summed E-state index contributed by atoms with van der Waals surface area (Å²) < 4.78 is 1.82. The second-order valence-corrected chi connectivity index (χ2v) is 4.88. The number of aromatic nitrogens is 3. The lowest BCUT2D eigenvalue weighted by Crippen LogP contribution is -2.05. The predicted octanol–water partition coefficient (Wildman–Crippen LogP) is 2.48. The van der Waals surface area contributed by atoms with Gasteiger partial charge in [-0.05, 0) is 25.8 Å². The maximum atomic E-state index is 10.4. The van der Waals surface area contributed by atoms with E-state index in [4.69, 9.17) is 5.11 Å². The minimum Gasteiger partial charge on any atom is -0.481 e. The number of carbonyl (C=O) groups is 1. The molecule has 2 heterocycles. The highest BCUT2D eigenvalue weighted by Crippen LogP contribution is 2.14. The fourth-order valence-corrected chi connectivity index (χ4v) is 2.14. The SMILES string of the molecule is Cc1cc2c(NCCCCCCC(=O)O)nccn2n1. The van der Waals surface area contributed by atoms with Gasteiger partial charge in [-0.3, -0.25) is 4.79 Å². The van der Waals surface area contributed by atoms with E-state index in [1.807, 2.05) is 23.7 Å². The van der Waals surface area contributed by atoms with E-state index in [9.17, 15) is 4.79 Å². The van der Waals surface area contributed by atoms with Crippen molar-refractivity contribution in [1.82, 2.24) is 14.6 Å². The van der Waals surface area contributed by atoms with Crippen molar-refractivity contribution in [2.24, 2.45) is 0 Å². The summed E-state index contributed by atoms with van der Waals surface area (Å²) in [6, 6.07) is 2.00. The van der Waals surface area contributed by atoms with Crippen molar-refractivity contribution < 1.29 is 9.90 Å². The Morgan fingerprint density at radius 2 is 2.15 bits per heavy atom. The summed E-state index contributed by atoms with van der Waals surface area (Å²) in [6.45, 7) is 2.79. The Bertz CT molecular complexity index is 580. The molecule has 0 radical (unpaired) electrons. The van der Waals surface area contributed by atoms with Crippen LogP contribution in [-0.4, -0.2) is 32.2 Å². The first-order chi connectivity index (χ1) is 9.66. The van der Waals surface area contributed by atoms with Crippen molar-refractivity contribution >= 4 is 17.3 Å². The van der Waals surface area contributed by atoms with Crippen molar-refractivity contribution in [3.05, 3.63) is 24.2 Å². The summed E-state index contributed by atoms with van der Waals surface area (Å²) in [5, 5.41) is 16.2. The van der Waals surface area contributed by atoms with Crippen LogP contribution in [0.5, 0.6) is 0 Å². The fourth-order valence-electron chi connectivity index (χ4n) is 2.14. The summed E-state index contributed by atoms with van der Waals surface area (Å²) in [6.07, 6.45) is 7.58. The number of nitrogens with zero attached hydrogens (tertiary/aromatic N) is 3. The zero-order valence-corrected chi connectivity index (χ0v) is 11.7. The summed E-state index contributed by atoms with van der Waals surface area (Å²) >= 11 is 0. The highest BCUT2D eigenvalue weighted by Gasteiger charge is 2.04. The molecule has 0 amide bonds. The number of nitrogens with one attached hydrogen (secondary N) is 1. The Balaban J connectivity index is 1.74. The van der Waals surface area contributed by atoms with Crippen LogP contribution in [0.1, 0.15) is 37.8 Å². The Hall–Kier alpha value is -2.11. The second kappa shape index (κ2) is 6.88. The lowest BCUT2D eigenvalue weighted by atomic mass is 10.1. The molecule has 0 spiro atoms. The molecule has 6 heteroatoms. The van der Waals surface area contributed by atoms with Gasteiger partial charge >= 0.3 is 5.97 Å². The van der Waals surface area contributed by atoms with Gasteiger partial charge in [-0.1, -0.05) is 12.8 Å². The maximum absolute atomic E-state index is 10.4. The molecule has 0 saturated carbocycles. The van der Waals surface area contributed by atoms with Crippen LogP contribution in [0.4, 0.5) is 5.82 Å². The van der Waals surface area contributed by atoms with Crippen LogP contribution in [0.2, 0.25) is 0 Å². The van der Waals surface area contributed by atoms with Gasteiger partial charge in [0.05, 0.1) is 5.69 Å². The number of hydrogen-bond acceptors (Lipinski definition) is 4. The number of unbranched alkanes of at least 4 members (excludes halogenated alkanes) is 3. The molecule has 6 nitrogen and oxygen atoms in total. The van der Waals surface area contributed by atoms with Crippen molar-refractivity contribution in [1.29, 1.82) is 0 Å². The van der Waals surface area contributed by atoms with Crippen LogP contribution in [0.15, 0.2) is 18.5 Å². The van der Waals surface area contributed by atoms with Crippen LogP contribution < -0.4 is 5.32 Å². The molecule has 0 fully saturated rings. The second-order valence-electron chi connectivity index (χ2n) is 4.88. The van der Waals surface area contributed by atoms with Gasteiger partial charge in [0.25, 0.3) is 0 Å². The van der Waals surface area contributed by atoms with Gasteiger partial charge in [0.15, 0.2) is 5.82 Å². The molecule has 2 rings (SSSR count). The first-order valence-electron chi connectivity index (χ1n) is 6.93. The molecule has 0 bridgehead atoms. The van der Waals surface area contributed by atoms with Crippen LogP contribution in [0.25, 0.3) is 5.52 Å². The highest BCUT2D eigenvalue weighted by molar-refractivity contribution is 5.67. The van der Waals surface area contributed by atoms with E-state index in [0.29, 0.717) is 0 Å². The third-order valence-corrected chi connectivity index (χ3v) is 3.12. The van der Waals surface area contributed by atoms with Crippen LogP contribution in [-0.2, 0) is 4.79 Å². The third-order valence-electron chi connectivity index (χ3n) is 3.12. The smallest absolute Gasteiger partial charge is 0.303 e. The zero-order chi connectivity index (χ0) is 14.4. The number of hydrogen-bond donors (Lipinski definition) is 2.